The molecule has 4 nitrogen and oxygen atoms in total. The maximum Gasteiger partial charge on any atom is 0.270 e. The summed E-state index contributed by atoms with van der Waals surface area (Å²) in [5, 5.41) is 4.78. The Morgan fingerprint density at radius 3 is 2.48 bits per heavy atom. The average Bonchev–Trinajstić information content (AvgIpc) is 3.05. The summed E-state index contributed by atoms with van der Waals surface area (Å²) in [7, 11) is 1.85. The lowest BCUT2D eigenvalue weighted by Gasteiger charge is -2.29. The molecule has 1 aliphatic rings. The molecule has 0 unspecified atom stereocenters. The van der Waals surface area contributed by atoms with E-state index in [2.05, 4.69) is 18.3 Å². The zero-order valence-electron chi connectivity index (χ0n) is 16.1. The molecule has 0 spiro atoms. The first-order valence-corrected chi connectivity index (χ1v) is 9.78. The number of allylic oxidation sites excluding steroid dienone is 1. The fraction of sp³-hybridized carbons (Fsp3) is 0.130. The number of carbonyl (C=O) groups is 1. The van der Waals surface area contributed by atoms with Crippen LogP contribution in [0.3, 0.4) is 0 Å². The van der Waals surface area contributed by atoms with Crippen LogP contribution in [-0.4, -0.2) is 36.2 Å². The van der Waals surface area contributed by atoms with E-state index in [0.717, 1.165) is 22.4 Å². The van der Waals surface area contributed by atoms with Crippen LogP contribution < -0.4 is 0 Å². The fourth-order valence-electron chi connectivity index (χ4n) is 3.35. The molecule has 29 heavy (non-hydrogen) atoms. The number of hydrogen-bond acceptors (Lipinski definition) is 3. The van der Waals surface area contributed by atoms with Crippen molar-refractivity contribution in [1.29, 1.82) is 0 Å². The summed E-state index contributed by atoms with van der Waals surface area (Å²) in [4.78, 5) is 17.0. The van der Waals surface area contributed by atoms with Gasteiger partial charge < -0.3 is 0 Å². The first-order valence-electron chi connectivity index (χ1n) is 9.03. The standard InChI is InChI=1S/C23H21Cl2N3O/c1-4-7-17(14-26-2)23(29)28-15-20(16-10-12-18(24)13-11-16)22(27(28)3)19-8-5-6-9-21(19)25/h4-6,8-14H,1-2,7,15H2,3H3/b17-14-. The van der Waals surface area contributed by atoms with Crippen molar-refractivity contribution in [2.75, 3.05) is 13.6 Å². The van der Waals surface area contributed by atoms with Gasteiger partial charge in [0.2, 0.25) is 0 Å². The van der Waals surface area contributed by atoms with Gasteiger partial charge in [-0.15, -0.1) is 6.58 Å². The fourth-order valence-corrected chi connectivity index (χ4v) is 3.70. The number of nitrogens with zero attached hydrogens (tertiary/aromatic N) is 3. The highest BCUT2D eigenvalue weighted by atomic mass is 35.5. The Bertz CT molecular complexity index is 1010. The number of amides is 1. The van der Waals surface area contributed by atoms with Gasteiger partial charge in [-0.3, -0.25) is 14.8 Å². The van der Waals surface area contributed by atoms with E-state index in [-0.39, 0.29) is 5.91 Å². The first-order chi connectivity index (χ1) is 14.0. The summed E-state index contributed by atoms with van der Waals surface area (Å²) in [6.45, 7) is 7.59. The molecule has 0 N–H and O–H groups in total. The van der Waals surface area contributed by atoms with E-state index in [0.29, 0.717) is 28.6 Å². The summed E-state index contributed by atoms with van der Waals surface area (Å²) in [5.74, 6) is -0.159. The van der Waals surface area contributed by atoms with Gasteiger partial charge in [0.25, 0.3) is 5.91 Å². The van der Waals surface area contributed by atoms with Gasteiger partial charge in [-0.2, -0.15) is 0 Å². The lowest BCUT2D eigenvalue weighted by Crippen LogP contribution is -2.40. The number of carbonyl (C=O) groups excluding carboxylic acids is 1. The predicted octanol–water partition coefficient (Wildman–Crippen LogP) is 5.71. The Balaban J connectivity index is 2.10. The average molecular weight is 426 g/mol. The Kier molecular flexibility index (Phi) is 6.57. The van der Waals surface area contributed by atoms with Crippen LogP contribution in [0.4, 0.5) is 0 Å². The molecule has 0 radical (unpaired) electrons. The van der Waals surface area contributed by atoms with E-state index >= 15 is 0 Å². The summed E-state index contributed by atoms with van der Waals surface area (Å²) < 4.78 is 0. The molecule has 0 aromatic heterocycles. The van der Waals surface area contributed by atoms with Gasteiger partial charge in [0, 0.05) is 40.0 Å². The second kappa shape index (κ2) is 9.12. The van der Waals surface area contributed by atoms with Crippen molar-refractivity contribution in [1.82, 2.24) is 10.0 Å². The van der Waals surface area contributed by atoms with Gasteiger partial charge in [0.1, 0.15) is 0 Å². The number of rotatable bonds is 6. The highest BCUT2D eigenvalue weighted by molar-refractivity contribution is 6.32. The number of hydrogen-bond donors (Lipinski definition) is 0. The number of hydrazine groups is 1. The highest BCUT2D eigenvalue weighted by Crippen LogP contribution is 2.39. The van der Waals surface area contributed by atoms with Crippen molar-refractivity contribution < 1.29 is 4.79 Å². The smallest absolute Gasteiger partial charge is 0.270 e. The third-order valence-electron chi connectivity index (χ3n) is 4.72. The van der Waals surface area contributed by atoms with Crippen LogP contribution in [-0.2, 0) is 4.79 Å². The van der Waals surface area contributed by atoms with Crippen LogP contribution in [0.1, 0.15) is 17.5 Å². The molecule has 0 fully saturated rings. The largest absolute Gasteiger partial charge is 0.284 e. The SMILES string of the molecule is C=CC/C(=C/N=C)C(=O)N1CC(c2ccc(Cl)cc2)=C(c2ccccc2Cl)N1C. The minimum atomic E-state index is -0.159. The van der Waals surface area contributed by atoms with Crippen molar-refractivity contribution in [2.24, 2.45) is 4.99 Å². The lowest BCUT2D eigenvalue weighted by atomic mass is 10.0. The zero-order valence-corrected chi connectivity index (χ0v) is 17.6. The van der Waals surface area contributed by atoms with Crippen molar-refractivity contribution in [2.45, 2.75) is 6.42 Å². The summed E-state index contributed by atoms with van der Waals surface area (Å²) >= 11 is 12.6. The van der Waals surface area contributed by atoms with Crippen LogP contribution in [0.2, 0.25) is 10.0 Å². The molecule has 1 heterocycles. The molecule has 2 aromatic carbocycles. The molecule has 1 amide bonds. The van der Waals surface area contributed by atoms with Gasteiger partial charge >= 0.3 is 0 Å². The van der Waals surface area contributed by atoms with E-state index < -0.39 is 0 Å². The monoisotopic (exact) mass is 425 g/mol. The zero-order chi connectivity index (χ0) is 21.0. The molecule has 1 aliphatic heterocycles. The molecule has 3 rings (SSSR count). The second-order valence-electron chi connectivity index (χ2n) is 6.53. The van der Waals surface area contributed by atoms with Crippen molar-refractivity contribution in [3.8, 4) is 0 Å². The Morgan fingerprint density at radius 1 is 1.17 bits per heavy atom. The number of benzene rings is 2. The van der Waals surface area contributed by atoms with Crippen LogP contribution in [0.25, 0.3) is 11.3 Å². The van der Waals surface area contributed by atoms with E-state index in [1.165, 1.54) is 6.20 Å². The highest BCUT2D eigenvalue weighted by Gasteiger charge is 2.34. The molecule has 148 valence electrons. The van der Waals surface area contributed by atoms with E-state index in [4.69, 9.17) is 23.2 Å². The Hall–Kier alpha value is -2.82. The Labute approximate surface area is 181 Å². The normalized spacial score (nSPS) is 14.4. The van der Waals surface area contributed by atoms with Crippen molar-refractivity contribution in [3.63, 3.8) is 0 Å². The molecule has 0 saturated heterocycles. The van der Waals surface area contributed by atoms with Crippen LogP contribution in [0, 0.1) is 0 Å². The van der Waals surface area contributed by atoms with E-state index in [1.807, 2.05) is 60.6 Å². The molecule has 0 atom stereocenters. The van der Waals surface area contributed by atoms with E-state index in [1.54, 1.807) is 11.1 Å². The summed E-state index contributed by atoms with van der Waals surface area (Å²) in [6, 6.07) is 15.2. The first kappa shape index (κ1) is 20.9. The minimum Gasteiger partial charge on any atom is -0.284 e. The van der Waals surface area contributed by atoms with Gasteiger partial charge in [-0.1, -0.05) is 59.6 Å². The minimum absolute atomic E-state index is 0.159. The molecule has 0 bridgehead atoms. The lowest BCUT2D eigenvalue weighted by molar-refractivity contribution is -0.135. The van der Waals surface area contributed by atoms with Gasteiger partial charge in [0.15, 0.2) is 0 Å². The van der Waals surface area contributed by atoms with E-state index in [9.17, 15) is 4.79 Å². The third-order valence-corrected chi connectivity index (χ3v) is 5.30. The predicted molar refractivity (Wildman–Crippen MR) is 122 cm³/mol. The topological polar surface area (TPSA) is 35.9 Å². The van der Waals surface area contributed by atoms with Gasteiger partial charge in [-0.05, 0) is 36.9 Å². The summed E-state index contributed by atoms with van der Waals surface area (Å²) in [6.07, 6.45) is 3.56. The molecule has 0 saturated carbocycles. The molecule has 2 aromatic rings. The quantitative estimate of drug-likeness (QED) is 0.337. The van der Waals surface area contributed by atoms with Crippen LogP contribution in [0.5, 0.6) is 0 Å². The molecular formula is C23H21Cl2N3O. The molecular weight excluding hydrogens is 405 g/mol. The maximum absolute atomic E-state index is 13.2. The van der Waals surface area contributed by atoms with Crippen molar-refractivity contribution >= 4 is 47.1 Å². The second-order valence-corrected chi connectivity index (χ2v) is 7.37. The van der Waals surface area contributed by atoms with Crippen LogP contribution >= 0.6 is 23.2 Å². The van der Waals surface area contributed by atoms with Crippen molar-refractivity contribution in [3.05, 3.63) is 94.1 Å². The maximum atomic E-state index is 13.2. The Morgan fingerprint density at radius 2 is 1.86 bits per heavy atom. The van der Waals surface area contributed by atoms with Gasteiger partial charge in [0.05, 0.1) is 12.2 Å². The third kappa shape index (κ3) is 4.29. The molecule has 0 aliphatic carbocycles. The number of aliphatic imine (C=N–C) groups is 1. The number of halogens is 2. The molecule has 6 heteroatoms. The summed E-state index contributed by atoms with van der Waals surface area (Å²) in [5.41, 5.74) is 4.19. The van der Waals surface area contributed by atoms with Crippen LogP contribution in [0.15, 0.2) is 78.0 Å². The van der Waals surface area contributed by atoms with Gasteiger partial charge in [-0.25, -0.2) is 5.01 Å².